The standard InChI is InChI=1S/C20H22N2O2S/c1-4-14-5-7-15(8-6-14)11-19(23)21-16-9-10-17-18(12-16)25-20(24)22(17)13(2)3/h5-10,12-13H,4,11H2,1-3H3,(H,21,23). The number of nitrogens with zero attached hydrogens (tertiary/aromatic N) is 1. The highest BCUT2D eigenvalue weighted by Crippen LogP contribution is 2.24. The molecule has 0 aliphatic carbocycles. The van der Waals surface area contributed by atoms with E-state index in [9.17, 15) is 9.59 Å². The molecule has 1 amide bonds. The normalized spacial score (nSPS) is 11.2. The fraction of sp³-hybridized carbons (Fsp3) is 0.300. The average Bonchev–Trinajstić information content (AvgIpc) is 2.90. The summed E-state index contributed by atoms with van der Waals surface area (Å²) >= 11 is 1.21. The molecule has 0 bridgehead atoms. The minimum absolute atomic E-state index is 0.0319. The number of nitrogens with one attached hydrogen (secondary N) is 1. The van der Waals surface area contributed by atoms with Crippen LogP contribution in [0.4, 0.5) is 5.69 Å². The molecule has 3 aromatic rings. The third-order valence-electron chi connectivity index (χ3n) is 4.21. The Morgan fingerprint density at radius 3 is 2.44 bits per heavy atom. The van der Waals surface area contributed by atoms with E-state index in [2.05, 4.69) is 24.4 Å². The van der Waals surface area contributed by atoms with Gasteiger partial charge in [0.15, 0.2) is 0 Å². The van der Waals surface area contributed by atoms with Crippen LogP contribution in [0, 0.1) is 0 Å². The smallest absolute Gasteiger partial charge is 0.308 e. The van der Waals surface area contributed by atoms with Crippen LogP contribution in [0.1, 0.15) is 37.9 Å². The average molecular weight is 354 g/mol. The number of fused-ring (bicyclic) bond motifs is 1. The van der Waals surface area contributed by atoms with Crippen LogP contribution in [0.15, 0.2) is 47.3 Å². The van der Waals surface area contributed by atoms with Crippen LogP contribution in [0.5, 0.6) is 0 Å². The molecule has 130 valence electrons. The molecule has 25 heavy (non-hydrogen) atoms. The lowest BCUT2D eigenvalue weighted by molar-refractivity contribution is -0.115. The Kier molecular flexibility index (Phi) is 5.04. The first-order chi connectivity index (χ1) is 12.0. The Balaban J connectivity index is 1.75. The minimum atomic E-state index is -0.0563. The summed E-state index contributed by atoms with van der Waals surface area (Å²) < 4.78 is 2.67. The zero-order valence-electron chi connectivity index (χ0n) is 14.7. The van der Waals surface area contributed by atoms with Crippen molar-refractivity contribution >= 4 is 33.1 Å². The van der Waals surface area contributed by atoms with E-state index in [1.54, 1.807) is 4.57 Å². The van der Waals surface area contributed by atoms with Crippen molar-refractivity contribution in [3.8, 4) is 0 Å². The quantitative estimate of drug-likeness (QED) is 0.739. The topological polar surface area (TPSA) is 51.1 Å². The Morgan fingerprint density at radius 1 is 1.12 bits per heavy atom. The number of hydrogen-bond acceptors (Lipinski definition) is 3. The maximum absolute atomic E-state index is 12.3. The van der Waals surface area contributed by atoms with Gasteiger partial charge < -0.3 is 5.32 Å². The molecular formula is C20H22N2O2S. The Morgan fingerprint density at radius 2 is 1.80 bits per heavy atom. The van der Waals surface area contributed by atoms with Crippen molar-refractivity contribution in [1.82, 2.24) is 4.57 Å². The molecule has 0 atom stereocenters. The molecule has 0 aliphatic rings. The predicted molar refractivity (Wildman–Crippen MR) is 105 cm³/mol. The van der Waals surface area contributed by atoms with Gasteiger partial charge >= 0.3 is 4.87 Å². The fourth-order valence-corrected chi connectivity index (χ4v) is 3.94. The molecule has 5 heteroatoms. The van der Waals surface area contributed by atoms with Gasteiger partial charge in [-0.2, -0.15) is 0 Å². The lowest BCUT2D eigenvalue weighted by Gasteiger charge is -2.09. The second-order valence-electron chi connectivity index (χ2n) is 6.41. The number of anilines is 1. The van der Waals surface area contributed by atoms with Gasteiger partial charge in [0, 0.05) is 11.7 Å². The number of rotatable bonds is 5. The van der Waals surface area contributed by atoms with E-state index in [4.69, 9.17) is 0 Å². The maximum atomic E-state index is 12.3. The summed E-state index contributed by atoms with van der Waals surface area (Å²) in [7, 11) is 0. The zero-order chi connectivity index (χ0) is 18.0. The molecule has 4 nitrogen and oxygen atoms in total. The van der Waals surface area contributed by atoms with E-state index >= 15 is 0 Å². The second kappa shape index (κ2) is 7.23. The molecule has 0 unspecified atom stereocenters. The molecule has 0 radical (unpaired) electrons. The Bertz CT molecular complexity index is 952. The first-order valence-electron chi connectivity index (χ1n) is 8.50. The van der Waals surface area contributed by atoms with Crippen LogP contribution in [0.2, 0.25) is 0 Å². The van der Waals surface area contributed by atoms with Crippen molar-refractivity contribution in [2.24, 2.45) is 0 Å². The van der Waals surface area contributed by atoms with E-state index < -0.39 is 0 Å². The minimum Gasteiger partial charge on any atom is -0.326 e. The van der Waals surface area contributed by atoms with Crippen LogP contribution in [0.25, 0.3) is 10.2 Å². The van der Waals surface area contributed by atoms with Gasteiger partial charge in [0.05, 0.1) is 16.6 Å². The highest BCUT2D eigenvalue weighted by molar-refractivity contribution is 7.16. The van der Waals surface area contributed by atoms with Gasteiger partial charge in [-0.15, -0.1) is 0 Å². The lowest BCUT2D eigenvalue weighted by Crippen LogP contribution is -2.15. The Labute approximate surface area is 151 Å². The summed E-state index contributed by atoms with van der Waals surface area (Å²) in [6.07, 6.45) is 1.33. The molecule has 0 saturated heterocycles. The van der Waals surface area contributed by atoms with Gasteiger partial charge in [-0.3, -0.25) is 14.2 Å². The van der Waals surface area contributed by atoms with Gasteiger partial charge in [0.2, 0.25) is 5.91 Å². The molecule has 0 spiro atoms. The monoisotopic (exact) mass is 354 g/mol. The highest BCUT2D eigenvalue weighted by Gasteiger charge is 2.11. The number of carbonyl (C=O) groups is 1. The summed E-state index contributed by atoms with van der Waals surface area (Å²) in [5.74, 6) is -0.0563. The van der Waals surface area contributed by atoms with Crippen molar-refractivity contribution < 1.29 is 4.79 Å². The molecule has 2 aromatic carbocycles. The van der Waals surface area contributed by atoms with Crippen molar-refractivity contribution in [2.45, 2.75) is 39.7 Å². The van der Waals surface area contributed by atoms with Crippen molar-refractivity contribution in [3.05, 3.63) is 63.3 Å². The Hall–Kier alpha value is -2.40. The molecule has 0 saturated carbocycles. The number of aromatic nitrogens is 1. The number of thiazole rings is 1. The first-order valence-corrected chi connectivity index (χ1v) is 9.32. The fourth-order valence-electron chi connectivity index (χ4n) is 2.89. The summed E-state index contributed by atoms with van der Waals surface area (Å²) in [5, 5.41) is 2.93. The largest absolute Gasteiger partial charge is 0.326 e. The number of carbonyl (C=O) groups excluding carboxylic acids is 1. The molecular weight excluding hydrogens is 332 g/mol. The van der Waals surface area contributed by atoms with Crippen LogP contribution in [-0.4, -0.2) is 10.5 Å². The van der Waals surface area contributed by atoms with Crippen molar-refractivity contribution in [2.75, 3.05) is 5.32 Å². The summed E-state index contributed by atoms with van der Waals surface area (Å²) in [6, 6.07) is 13.9. The summed E-state index contributed by atoms with van der Waals surface area (Å²) in [6.45, 7) is 6.10. The van der Waals surface area contributed by atoms with Crippen LogP contribution >= 0.6 is 11.3 Å². The van der Waals surface area contributed by atoms with Gasteiger partial charge in [0.1, 0.15) is 0 Å². The van der Waals surface area contributed by atoms with Crippen LogP contribution in [-0.2, 0) is 17.6 Å². The number of aryl methyl sites for hydroxylation is 1. The van der Waals surface area contributed by atoms with Gasteiger partial charge in [-0.05, 0) is 49.6 Å². The second-order valence-corrected chi connectivity index (χ2v) is 7.40. The van der Waals surface area contributed by atoms with E-state index in [1.165, 1.54) is 16.9 Å². The third kappa shape index (κ3) is 3.82. The van der Waals surface area contributed by atoms with Crippen molar-refractivity contribution in [3.63, 3.8) is 0 Å². The highest BCUT2D eigenvalue weighted by atomic mass is 32.1. The van der Waals surface area contributed by atoms with E-state index in [0.29, 0.717) is 6.42 Å². The molecule has 1 heterocycles. The predicted octanol–water partition coefficient (Wildman–Crippen LogP) is 4.39. The zero-order valence-corrected chi connectivity index (χ0v) is 15.5. The molecule has 3 rings (SSSR count). The SMILES string of the molecule is CCc1ccc(CC(=O)Nc2ccc3c(c2)sc(=O)n3C(C)C)cc1. The first kappa shape index (κ1) is 17.4. The molecule has 0 aliphatic heterocycles. The summed E-state index contributed by atoms with van der Waals surface area (Å²) in [4.78, 5) is 24.4. The lowest BCUT2D eigenvalue weighted by atomic mass is 10.1. The van der Waals surface area contributed by atoms with Crippen molar-refractivity contribution in [1.29, 1.82) is 0 Å². The van der Waals surface area contributed by atoms with Crippen LogP contribution in [0.3, 0.4) is 0 Å². The van der Waals surface area contributed by atoms with Gasteiger partial charge in [0.25, 0.3) is 0 Å². The number of amides is 1. The number of benzene rings is 2. The van der Waals surface area contributed by atoms with Gasteiger partial charge in [-0.25, -0.2) is 0 Å². The van der Waals surface area contributed by atoms with E-state index in [-0.39, 0.29) is 16.8 Å². The molecule has 1 aromatic heterocycles. The van der Waals surface area contributed by atoms with Gasteiger partial charge in [-0.1, -0.05) is 42.5 Å². The van der Waals surface area contributed by atoms with Crippen LogP contribution < -0.4 is 10.2 Å². The maximum Gasteiger partial charge on any atom is 0.308 e. The summed E-state index contributed by atoms with van der Waals surface area (Å²) in [5.41, 5.74) is 3.89. The molecule has 0 fully saturated rings. The van der Waals surface area contributed by atoms with E-state index in [0.717, 1.165) is 27.9 Å². The van der Waals surface area contributed by atoms with E-state index in [1.807, 2.05) is 44.2 Å². The third-order valence-corrected chi connectivity index (χ3v) is 5.13. The number of hydrogen-bond donors (Lipinski definition) is 1. The molecule has 1 N–H and O–H groups in total.